The average Bonchev–Trinajstić information content (AvgIpc) is 3.27. The molecule has 1 aromatic rings. The van der Waals surface area contributed by atoms with Gasteiger partial charge in [-0.05, 0) is 41.9 Å². The van der Waals surface area contributed by atoms with Gasteiger partial charge in [-0.2, -0.15) is 0 Å². The molecule has 6 heteroatoms. The number of ether oxygens (including phenoxy) is 1. The molecule has 2 aliphatic heterocycles. The Morgan fingerprint density at radius 3 is 2.75 bits per heavy atom. The number of carboxylic acid groups (broad SMARTS) is 1. The molecular formula is C18H20FNO4. The van der Waals surface area contributed by atoms with E-state index in [1.165, 1.54) is 11.0 Å². The van der Waals surface area contributed by atoms with E-state index in [0.29, 0.717) is 24.3 Å². The second-order valence-electron chi connectivity index (χ2n) is 7.13. The van der Waals surface area contributed by atoms with Crippen molar-refractivity contribution in [2.75, 3.05) is 13.2 Å². The van der Waals surface area contributed by atoms with Crippen molar-refractivity contribution in [3.8, 4) is 0 Å². The number of rotatable bonds is 2. The molecule has 3 aliphatic rings. The average molecular weight is 333 g/mol. The first-order chi connectivity index (χ1) is 11.5. The minimum atomic E-state index is -1.07. The van der Waals surface area contributed by atoms with E-state index in [9.17, 15) is 19.1 Å². The molecule has 0 bridgehead atoms. The number of carboxylic acids is 1. The highest BCUT2D eigenvalue weighted by molar-refractivity contribution is 5.88. The molecule has 0 radical (unpaired) electrons. The second-order valence-corrected chi connectivity index (χ2v) is 7.13. The number of fused-ring (bicyclic) bond motifs is 1. The zero-order valence-corrected chi connectivity index (χ0v) is 13.3. The van der Waals surface area contributed by atoms with Crippen LogP contribution >= 0.6 is 0 Å². The van der Waals surface area contributed by atoms with Crippen molar-refractivity contribution in [2.45, 2.75) is 38.3 Å². The second kappa shape index (κ2) is 5.55. The number of carbonyl (C=O) groups excluding carboxylic acids is 1. The third-order valence-corrected chi connectivity index (χ3v) is 5.87. The molecule has 1 saturated heterocycles. The quantitative estimate of drug-likeness (QED) is 0.899. The first-order valence-electron chi connectivity index (χ1n) is 8.39. The van der Waals surface area contributed by atoms with Crippen LogP contribution in [0, 0.1) is 17.2 Å². The van der Waals surface area contributed by atoms with Crippen LogP contribution in [0.4, 0.5) is 4.39 Å². The maximum Gasteiger partial charge on any atom is 0.326 e. The molecule has 1 N–H and O–H groups in total. The molecule has 1 saturated carbocycles. The van der Waals surface area contributed by atoms with Gasteiger partial charge >= 0.3 is 5.97 Å². The van der Waals surface area contributed by atoms with Crippen molar-refractivity contribution >= 4 is 11.9 Å². The van der Waals surface area contributed by atoms with Crippen LogP contribution in [0.2, 0.25) is 0 Å². The van der Waals surface area contributed by atoms with Crippen molar-refractivity contribution in [2.24, 2.45) is 11.3 Å². The summed E-state index contributed by atoms with van der Waals surface area (Å²) in [5.41, 5.74) is 1.13. The SMILES string of the molecule is O=C(O)C1Cc2c(F)cccc2CN1C(=O)C1CC12CCOCC2. The number of hydrogen-bond acceptors (Lipinski definition) is 3. The van der Waals surface area contributed by atoms with Crippen LogP contribution in [0.15, 0.2) is 18.2 Å². The standard InChI is InChI=1S/C18H20FNO4/c19-14-3-1-2-11-10-20(15(17(22)23)8-12(11)14)16(21)13-9-18(13)4-6-24-7-5-18/h1-3,13,15H,4-10H2,(H,22,23). The summed E-state index contributed by atoms with van der Waals surface area (Å²) in [6, 6.07) is 3.73. The Hall–Kier alpha value is -1.95. The molecule has 24 heavy (non-hydrogen) atoms. The molecule has 2 fully saturated rings. The Kier molecular flexibility index (Phi) is 3.60. The summed E-state index contributed by atoms with van der Waals surface area (Å²) in [5.74, 6) is -1.67. The summed E-state index contributed by atoms with van der Waals surface area (Å²) < 4.78 is 19.4. The van der Waals surface area contributed by atoms with Crippen LogP contribution < -0.4 is 0 Å². The van der Waals surface area contributed by atoms with Gasteiger partial charge in [-0.1, -0.05) is 12.1 Å². The van der Waals surface area contributed by atoms with Crippen LogP contribution in [0.1, 0.15) is 30.4 Å². The van der Waals surface area contributed by atoms with Crippen LogP contribution in [0.25, 0.3) is 0 Å². The van der Waals surface area contributed by atoms with E-state index in [-0.39, 0.29) is 30.2 Å². The smallest absolute Gasteiger partial charge is 0.326 e. The van der Waals surface area contributed by atoms with Crippen molar-refractivity contribution in [1.29, 1.82) is 0 Å². The fourth-order valence-corrected chi connectivity index (χ4v) is 4.26. The molecule has 1 spiro atoms. The number of nitrogens with zero attached hydrogens (tertiary/aromatic N) is 1. The van der Waals surface area contributed by atoms with E-state index in [1.54, 1.807) is 12.1 Å². The van der Waals surface area contributed by atoms with E-state index in [2.05, 4.69) is 0 Å². The van der Waals surface area contributed by atoms with Gasteiger partial charge in [0.1, 0.15) is 11.9 Å². The molecular weight excluding hydrogens is 313 g/mol. The van der Waals surface area contributed by atoms with Gasteiger partial charge < -0.3 is 14.7 Å². The van der Waals surface area contributed by atoms with Gasteiger partial charge in [-0.25, -0.2) is 9.18 Å². The third-order valence-electron chi connectivity index (χ3n) is 5.87. The van der Waals surface area contributed by atoms with Gasteiger partial charge in [-0.3, -0.25) is 4.79 Å². The Morgan fingerprint density at radius 1 is 1.29 bits per heavy atom. The fraction of sp³-hybridized carbons (Fsp3) is 0.556. The summed E-state index contributed by atoms with van der Waals surface area (Å²) in [4.78, 5) is 26.1. The molecule has 5 nitrogen and oxygen atoms in total. The Labute approximate surface area is 139 Å². The molecule has 1 amide bonds. The summed E-state index contributed by atoms with van der Waals surface area (Å²) in [5, 5.41) is 9.54. The van der Waals surface area contributed by atoms with Gasteiger partial charge in [0.05, 0.1) is 0 Å². The zero-order chi connectivity index (χ0) is 16.9. The van der Waals surface area contributed by atoms with Crippen LogP contribution in [0.3, 0.4) is 0 Å². The summed E-state index contributed by atoms with van der Waals surface area (Å²) >= 11 is 0. The van der Waals surface area contributed by atoms with E-state index in [0.717, 1.165) is 19.3 Å². The highest BCUT2D eigenvalue weighted by Crippen LogP contribution is 2.60. The minimum Gasteiger partial charge on any atom is -0.480 e. The van der Waals surface area contributed by atoms with E-state index in [1.807, 2.05) is 0 Å². The van der Waals surface area contributed by atoms with Crippen molar-refractivity contribution in [3.05, 3.63) is 35.1 Å². The Bertz CT molecular complexity index is 698. The van der Waals surface area contributed by atoms with Gasteiger partial charge in [0.25, 0.3) is 0 Å². The topological polar surface area (TPSA) is 66.8 Å². The predicted octanol–water partition coefficient (Wildman–Crippen LogP) is 1.98. The molecule has 2 heterocycles. The molecule has 2 unspecified atom stereocenters. The molecule has 4 rings (SSSR count). The molecule has 2 atom stereocenters. The van der Waals surface area contributed by atoms with Crippen molar-refractivity contribution in [1.82, 2.24) is 4.90 Å². The van der Waals surface area contributed by atoms with E-state index < -0.39 is 17.8 Å². The predicted molar refractivity (Wildman–Crippen MR) is 82.7 cm³/mol. The largest absolute Gasteiger partial charge is 0.480 e. The first kappa shape index (κ1) is 15.6. The van der Waals surface area contributed by atoms with Crippen LogP contribution in [-0.4, -0.2) is 41.1 Å². The molecule has 1 aliphatic carbocycles. The minimum absolute atomic E-state index is 0.000597. The van der Waals surface area contributed by atoms with Crippen molar-refractivity contribution in [3.63, 3.8) is 0 Å². The first-order valence-corrected chi connectivity index (χ1v) is 8.39. The number of amides is 1. The third kappa shape index (κ3) is 2.40. The normalized spacial score (nSPS) is 27.6. The Morgan fingerprint density at radius 2 is 2.04 bits per heavy atom. The number of halogens is 1. The lowest BCUT2D eigenvalue weighted by atomic mass is 9.90. The van der Waals surface area contributed by atoms with Gasteiger partial charge in [0.2, 0.25) is 5.91 Å². The van der Waals surface area contributed by atoms with E-state index in [4.69, 9.17) is 4.74 Å². The lowest BCUT2D eigenvalue weighted by Crippen LogP contribution is -2.50. The summed E-state index contributed by atoms with van der Waals surface area (Å²) in [6.45, 7) is 1.51. The van der Waals surface area contributed by atoms with Gasteiger partial charge in [0.15, 0.2) is 0 Å². The molecule has 0 aromatic heterocycles. The van der Waals surface area contributed by atoms with Gasteiger partial charge in [-0.15, -0.1) is 0 Å². The number of carbonyl (C=O) groups is 2. The van der Waals surface area contributed by atoms with Crippen LogP contribution in [0.5, 0.6) is 0 Å². The van der Waals surface area contributed by atoms with Gasteiger partial charge in [0, 0.05) is 32.1 Å². The fourth-order valence-electron chi connectivity index (χ4n) is 4.26. The molecule has 128 valence electrons. The lowest BCUT2D eigenvalue weighted by Gasteiger charge is -2.35. The van der Waals surface area contributed by atoms with Crippen LogP contribution in [-0.2, 0) is 27.3 Å². The lowest BCUT2D eigenvalue weighted by molar-refractivity contribution is -0.152. The summed E-state index contributed by atoms with van der Waals surface area (Å²) in [7, 11) is 0. The monoisotopic (exact) mass is 333 g/mol. The number of aliphatic carboxylic acids is 1. The Balaban J connectivity index is 1.59. The maximum absolute atomic E-state index is 14.0. The van der Waals surface area contributed by atoms with E-state index >= 15 is 0 Å². The number of hydrogen-bond donors (Lipinski definition) is 1. The number of benzene rings is 1. The van der Waals surface area contributed by atoms with Crippen molar-refractivity contribution < 1.29 is 23.8 Å². The highest BCUT2D eigenvalue weighted by atomic mass is 19.1. The summed E-state index contributed by atoms with van der Waals surface area (Å²) in [6.07, 6.45) is 2.57. The highest BCUT2D eigenvalue weighted by Gasteiger charge is 2.59. The molecule has 1 aromatic carbocycles. The maximum atomic E-state index is 14.0. The zero-order valence-electron chi connectivity index (χ0n) is 13.3.